The standard InChI is InChI=1S/C19H21F3N6O/c20-19(21,22)14-6-2-1-5-13(14)11-28-16-15(26-18(28)29)10-25-17(27-16)24-9-12-4-3-7-23-8-12/h1-2,5-6,10,12,23H,3-4,7-9,11H2,(H,26,29)(H,24,25,27)/t12-/m1/s1. The molecule has 2 aromatic heterocycles. The fourth-order valence-electron chi connectivity index (χ4n) is 3.62. The van der Waals surface area contributed by atoms with Crippen molar-refractivity contribution in [1.29, 1.82) is 0 Å². The lowest BCUT2D eigenvalue weighted by Gasteiger charge is -2.22. The van der Waals surface area contributed by atoms with Gasteiger partial charge in [-0.15, -0.1) is 0 Å². The molecule has 1 aromatic carbocycles. The maximum atomic E-state index is 13.3. The Hall–Kier alpha value is -2.88. The molecule has 4 rings (SSSR count). The second kappa shape index (κ2) is 7.86. The summed E-state index contributed by atoms with van der Waals surface area (Å²) in [5.41, 5.74) is -0.640. The quantitative estimate of drug-likeness (QED) is 0.606. The molecule has 3 heterocycles. The average molecular weight is 406 g/mol. The van der Waals surface area contributed by atoms with E-state index >= 15 is 0 Å². The molecule has 0 saturated carbocycles. The molecule has 0 amide bonds. The third-order valence-corrected chi connectivity index (χ3v) is 5.11. The van der Waals surface area contributed by atoms with Gasteiger partial charge in [-0.3, -0.25) is 4.57 Å². The Morgan fingerprint density at radius 3 is 2.86 bits per heavy atom. The molecular formula is C19H21F3N6O. The van der Waals surface area contributed by atoms with Crippen molar-refractivity contribution in [3.8, 4) is 0 Å². The van der Waals surface area contributed by atoms with Crippen molar-refractivity contribution in [1.82, 2.24) is 24.8 Å². The van der Waals surface area contributed by atoms with E-state index in [1.54, 1.807) is 0 Å². The number of halogens is 3. The van der Waals surface area contributed by atoms with Crippen molar-refractivity contribution in [3.63, 3.8) is 0 Å². The highest BCUT2D eigenvalue weighted by Gasteiger charge is 2.33. The number of fused-ring (bicyclic) bond motifs is 1. The van der Waals surface area contributed by atoms with Gasteiger partial charge in [0.2, 0.25) is 5.95 Å². The van der Waals surface area contributed by atoms with Gasteiger partial charge in [0.1, 0.15) is 5.52 Å². The van der Waals surface area contributed by atoms with Gasteiger partial charge in [0.15, 0.2) is 5.65 Å². The first-order valence-corrected chi connectivity index (χ1v) is 9.47. The number of benzene rings is 1. The second-order valence-corrected chi connectivity index (χ2v) is 7.20. The first kappa shape index (κ1) is 19.4. The molecular weight excluding hydrogens is 385 g/mol. The molecule has 1 aliphatic heterocycles. The number of H-pyrrole nitrogens is 1. The lowest BCUT2D eigenvalue weighted by atomic mass is 10.00. The van der Waals surface area contributed by atoms with Gasteiger partial charge in [-0.2, -0.15) is 18.2 Å². The first-order valence-electron chi connectivity index (χ1n) is 9.47. The number of anilines is 1. The van der Waals surface area contributed by atoms with Crippen molar-refractivity contribution >= 4 is 17.1 Å². The van der Waals surface area contributed by atoms with Crippen molar-refractivity contribution in [2.75, 3.05) is 25.0 Å². The van der Waals surface area contributed by atoms with E-state index in [0.29, 0.717) is 23.9 Å². The van der Waals surface area contributed by atoms with E-state index in [9.17, 15) is 18.0 Å². The summed E-state index contributed by atoms with van der Waals surface area (Å²) in [4.78, 5) is 23.5. The summed E-state index contributed by atoms with van der Waals surface area (Å²) < 4.78 is 41.1. The van der Waals surface area contributed by atoms with Crippen molar-refractivity contribution in [3.05, 3.63) is 52.1 Å². The minimum absolute atomic E-state index is 0.00408. The molecule has 1 aliphatic rings. The molecule has 0 unspecified atom stereocenters. The van der Waals surface area contributed by atoms with Crippen LogP contribution >= 0.6 is 0 Å². The summed E-state index contributed by atoms with van der Waals surface area (Å²) in [5, 5.41) is 6.51. The highest BCUT2D eigenvalue weighted by atomic mass is 19.4. The van der Waals surface area contributed by atoms with Crippen LogP contribution in [0.3, 0.4) is 0 Å². The molecule has 1 atom stereocenters. The molecule has 0 radical (unpaired) electrons. The van der Waals surface area contributed by atoms with Crippen LogP contribution in [0.1, 0.15) is 24.0 Å². The summed E-state index contributed by atoms with van der Waals surface area (Å²) in [7, 11) is 0. The molecule has 1 fully saturated rings. The Balaban J connectivity index is 1.61. The van der Waals surface area contributed by atoms with Crippen LogP contribution in [0.25, 0.3) is 11.2 Å². The van der Waals surface area contributed by atoms with Crippen molar-refractivity contribution in [2.45, 2.75) is 25.6 Å². The molecule has 0 aliphatic carbocycles. The van der Waals surface area contributed by atoms with E-state index in [2.05, 4.69) is 25.6 Å². The highest BCUT2D eigenvalue weighted by Crippen LogP contribution is 2.32. The number of hydrogen-bond acceptors (Lipinski definition) is 5. The molecule has 154 valence electrons. The smallest absolute Gasteiger partial charge is 0.354 e. The van der Waals surface area contributed by atoms with Crippen LogP contribution in [0.15, 0.2) is 35.3 Å². The summed E-state index contributed by atoms with van der Waals surface area (Å²) in [6.07, 6.45) is -0.813. The number of aromatic nitrogens is 4. The fraction of sp³-hybridized carbons (Fsp3) is 0.421. The third-order valence-electron chi connectivity index (χ3n) is 5.11. The topological polar surface area (TPSA) is 87.6 Å². The number of aromatic amines is 1. The van der Waals surface area contributed by atoms with Gasteiger partial charge < -0.3 is 15.6 Å². The zero-order chi connectivity index (χ0) is 20.4. The monoisotopic (exact) mass is 406 g/mol. The van der Waals surface area contributed by atoms with E-state index < -0.39 is 17.4 Å². The number of imidazole rings is 1. The molecule has 0 spiro atoms. The van der Waals surface area contributed by atoms with Crippen LogP contribution in [0.2, 0.25) is 0 Å². The molecule has 3 N–H and O–H groups in total. The van der Waals surface area contributed by atoms with Crippen LogP contribution in [0, 0.1) is 5.92 Å². The van der Waals surface area contributed by atoms with Gasteiger partial charge in [0.25, 0.3) is 0 Å². The van der Waals surface area contributed by atoms with Gasteiger partial charge in [0.05, 0.1) is 18.3 Å². The minimum atomic E-state index is -4.50. The maximum Gasteiger partial charge on any atom is 0.416 e. The van der Waals surface area contributed by atoms with Gasteiger partial charge in [-0.05, 0) is 43.5 Å². The van der Waals surface area contributed by atoms with Crippen molar-refractivity contribution < 1.29 is 13.2 Å². The number of nitrogens with one attached hydrogen (secondary N) is 3. The Kier molecular flexibility index (Phi) is 5.27. The van der Waals surface area contributed by atoms with Crippen LogP contribution in [0.5, 0.6) is 0 Å². The fourth-order valence-corrected chi connectivity index (χ4v) is 3.62. The van der Waals surface area contributed by atoms with Crippen LogP contribution in [-0.2, 0) is 12.7 Å². The van der Waals surface area contributed by atoms with Crippen LogP contribution < -0.4 is 16.3 Å². The zero-order valence-electron chi connectivity index (χ0n) is 15.6. The lowest BCUT2D eigenvalue weighted by Crippen LogP contribution is -2.33. The lowest BCUT2D eigenvalue weighted by molar-refractivity contribution is -0.138. The van der Waals surface area contributed by atoms with E-state index in [4.69, 9.17) is 0 Å². The third kappa shape index (κ3) is 4.26. The normalized spacial score (nSPS) is 17.6. The summed E-state index contributed by atoms with van der Waals surface area (Å²) in [6.45, 7) is 2.38. The number of alkyl halides is 3. The highest BCUT2D eigenvalue weighted by molar-refractivity contribution is 5.71. The predicted molar refractivity (Wildman–Crippen MR) is 103 cm³/mol. The van der Waals surface area contributed by atoms with Gasteiger partial charge in [0, 0.05) is 6.54 Å². The SMILES string of the molecule is O=c1[nH]c2cnc(NC[C@@H]3CCCNC3)nc2n1Cc1ccccc1C(F)(F)F. The average Bonchev–Trinajstić information content (AvgIpc) is 3.01. The zero-order valence-corrected chi connectivity index (χ0v) is 15.6. The molecule has 7 nitrogen and oxygen atoms in total. The Bertz CT molecular complexity index is 1050. The van der Waals surface area contributed by atoms with E-state index in [1.807, 2.05) is 0 Å². The number of piperidine rings is 1. The summed E-state index contributed by atoms with van der Waals surface area (Å²) >= 11 is 0. The second-order valence-electron chi connectivity index (χ2n) is 7.20. The maximum absolute atomic E-state index is 13.3. The number of hydrogen-bond donors (Lipinski definition) is 3. The van der Waals surface area contributed by atoms with E-state index in [-0.39, 0.29) is 17.8 Å². The predicted octanol–water partition coefficient (Wildman–Crippen LogP) is 2.60. The Morgan fingerprint density at radius 2 is 2.10 bits per heavy atom. The van der Waals surface area contributed by atoms with Gasteiger partial charge in [-0.1, -0.05) is 18.2 Å². The Labute approximate surface area is 164 Å². The minimum Gasteiger partial charge on any atom is -0.354 e. The molecule has 29 heavy (non-hydrogen) atoms. The number of nitrogens with zero attached hydrogens (tertiary/aromatic N) is 3. The van der Waals surface area contributed by atoms with Crippen LogP contribution in [0.4, 0.5) is 19.1 Å². The molecule has 0 bridgehead atoms. The summed E-state index contributed by atoms with van der Waals surface area (Å²) in [6, 6.07) is 5.22. The molecule has 1 saturated heterocycles. The first-order chi connectivity index (χ1) is 13.9. The largest absolute Gasteiger partial charge is 0.416 e. The number of rotatable bonds is 5. The van der Waals surface area contributed by atoms with E-state index in [0.717, 1.165) is 32.0 Å². The molecule has 10 heteroatoms. The van der Waals surface area contributed by atoms with E-state index in [1.165, 1.54) is 29.0 Å². The van der Waals surface area contributed by atoms with Crippen LogP contribution in [-0.4, -0.2) is 39.2 Å². The molecule has 3 aromatic rings. The van der Waals surface area contributed by atoms with Gasteiger partial charge in [-0.25, -0.2) is 9.78 Å². The van der Waals surface area contributed by atoms with Gasteiger partial charge >= 0.3 is 11.9 Å². The summed E-state index contributed by atoms with van der Waals surface area (Å²) in [5.74, 6) is 0.801. The Morgan fingerprint density at radius 1 is 1.28 bits per heavy atom. The van der Waals surface area contributed by atoms with Crippen molar-refractivity contribution in [2.24, 2.45) is 5.92 Å².